The van der Waals surface area contributed by atoms with E-state index in [1.165, 1.54) is 30.2 Å². The fraction of sp³-hybridized carbons (Fsp3) is 0.643. The number of esters is 1. The van der Waals surface area contributed by atoms with Gasteiger partial charge in [-0.25, -0.2) is 4.79 Å². The van der Waals surface area contributed by atoms with Crippen molar-refractivity contribution in [3.63, 3.8) is 0 Å². The van der Waals surface area contributed by atoms with Gasteiger partial charge in [0.2, 0.25) is 0 Å². The summed E-state index contributed by atoms with van der Waals surface area (Å²) in [7, 11) is 1.36. The third kappa shape index (κ3) is 5.41. The lowest BCUT2D eigenvalue weighted by Gasteiger charge is -2.08. The predicted octanol–water partition coefficient (Wildman–Crippen LogP) is 3.46. The Labute approximate surface area is 134 Å². The molecule has 0 atom stereocenters. The average molecular weight is 332 g/mol. The van der Waals surface area contributed by atoms with Crippen molar-refractivity contribution in [2.75, 3.05) is 37.6 Å². The summed E-state index contributed by atoms with van der Waals surface area (Å²) in [5, 5.41) is 4.28. The van der Waals surface area contributed by atoms with Crippen molar-refractivity contribution in [2.24, 2.45) is 0 Å². The summed E-state index contributed by atoms with van der Waals surface area (Å²) in [6, 6.07) is 0. The van der Waals surface area contributed by atoms with Crippen molar-refractivity contribution in [1.82, 2.24) is 0 Å². The first kappa shape index (κ1) is 18.1. The topological polar surface area (TPSA) is 73.6 Å². The van der Waals surface area contributed by atoms with Crippen LogP contribution in [-0.4, -0.2) is 38.6 Å². The van der Waals surface area contributed by atoms with E-state index in [9.17, 15) is 4.79 Å². The summed E-state index contributed by atoms with van der Waals surface area (Å²) < 4.78 is 10.2. The highest BCUT2D eigenvalue weighted by molar-refractivity contribution is 7.99. The van der Waals surface area contributed by atoms with Crippen molar-refractivity contribution in [1.29, 1.82) is 0 Å². The summed E-state index contributed by atoms with van der Waals surface area (Å²) >= 11 is 2.88. The number of unbranched alkanes of at least 4 members (excludes halogenated alkanes) is 1. The van der Waals surface area contributed by atoms with Gasteiger partial charge < -0.3 is 20.5 Å². The van der Waals surface area contributed by atoms with Crippen LogP contribution in [0, 0.1) is 0 Å². The van der Waals surface area contributed by atoms with Gasteiger partial charge in [-0.2, -0.15) is 0 Å². The highest BCUT2D eigenvalue weighted by Gasteiger charge is 2.20. The molecule has 0 aromatic carbocycles. The maximum atomic E-state index is 11.6. The van der Waals surface area contributed by atoms with E-state index in [2.05, 4.69) is 5.32 Å². The number of carbonyl (C=O) groups is 1. The van der Waals surface area contributed by atoms with E-state index < -0.39 is 0 Å². The number of nitrogen functional groups attached to an aromatic ring is 1. The first-order chi connectivity index (χ1) is 10.0. The van der Waals surface area contributed by atoms with Crippen LogP contribution in [0.3, 0.4) is 0 Å². The maximum Gasteiger partial charge on any atom is 0.350 e. The van der Waals surface area contributed by atoms with Gasteiger partial charge in [0.15, 0.2) is 0 Å². The van der Waals surface area contributed by atoms with Crippen LogP contribution >= 0.6 is 23.1 Å². The summed E-state index contributed by atoms with van der Waals surface area (Å²) in [6.45, 7) is 5.67. The van der Waals surface area contributed by atoms with Crippen LogP contribution in [0.2, 0.25) is 0 Å². The molecule has 0 saturated carbocycles. The van der Waals surface area contributed by atoms with E-state index in [0.717, 1.165) is 35.9 Å². The molecule has 0 amide bonds. The molecule has 21 heavy (non-hydrogen) atoms. The molecular formula is C14H24N2O3S2. The zero-order valence-electron chi connectivity index (χ0n) is 13.0. The molecule has 0 aliphatic carbocycles. The lowest BCUT2D eigenvalue weighted by atomic mass is 10.3. The number of methoxy groups -OCH3 is 1. The molecule has 0 fully saturated rings. The molecule has 1 aromatic heterocycles. The first-order valence-corrected chi connectivity index (χ1v) is 8.95. The lowest BCUT2D eigenvalue weighted by molar-refractivity contribution is 0.0607. The Kier molecular flexibility index (Phi) is 7.92. The Balaban J connectivity index is 2.53. The zero-order valence-corrected chi connectivity index (χ0v) is 14.7. The van der Waals surface area contributed by atoms with Gasteiger partial charge in [-0.1, -0.05) is 0 Å². The molecule has 0 spiro atoms. The fourth-order valence-corrected chi connectivity index (χ4v) is 3.72. The number of anilines is 2. The number of thiophene rings is 1. The summed E-state index contributed by atoms with van der Waals surface area (Å²) in [4.78, 5) is 13.0. The molecule has 7 heteroatoms. The van der Waals surface area contributed by atoms with Crippen LogP contribution in [-0.2, 0) is 9.47 Å². The highest BCUT2D eigenvalue weighted by Crippen LogP contribution is 2.41. The van der Waals surface area contributed by atoms with Gasteiger partial charge in [-0.05, 0) is 32.9 Å². The number of nitrogens with two attached hydrogens (primary N) is 1. The number of carbonyl (C=O) groups excluding carboxylic acids is 1. The average Bonchev–Trinajstić information content (AvgIpc) is 2.77. The molecule has 120 valence electrons. The van der Waals surface area contributed by atoms with Gasteiger partial charge in [-0.15, -0.1) is 23.1 Å². The molecule has 0 aliphatic heterocycles. The minimum absolute atomic E-state index is 0.278. The van der Waals surface area contributed by atoms with E-state index in [1.54, 1.807) is 0 Å². The minimum Gasteiger partial charge on any atom is -0.465 e. The highest BCUT2D eigenvalue weighted by atomic mass is 32.2. The predicted molar refractivity (Wildman–Crippen MR) is 90.7 cm³/mol. The van der Waals surface area contributed by atoms with Gasteiger partial charge >= 0.3 is 5.97 Å². The molecule has 1 heterocycles. The first-order valence-electron chi connectivity index (χ1n) is 6.91. The molecule has 0 saturated heterocycles. The number of ether oxygens (including phenoxy) is 2. The van der Waals surface area contributed by atoms with Crippen LogP contribution in [0.25, 0.3) is 0 Å². The van der Waals surface area contributed by atoms with Crippen molar-refractivity contribution < 1.29 is 14.3 Å². The smallest absolute Gasteiger partial charge is 0.350 e. The number of hydrogen-bond acceptors (Lipinski definition) is 7. The fourth-order valence-electron chi connectivity index (χ4n) is 1.74. The molecule has 0 bridgehead atoms. The summed E-state index contributed by atoms with van der Waals surface area (Å²) in [5.74, 6) is -0.383. The van der Waals surface area contributed by atoms with Gasteiger partial charge in [-0.3, -0.25) is 0 Å². The second-order valence-electron chi connectivity index (χ2n) is 4.75. The molecule has 1 rings (SSSR count). The maximum absolute atomic E-state index is 11.6. The van der Waals surface area contributed by atoms with Crippen molar-refractivity contribution in [3.8, 4) is 0 Å². The van der Waals surface area contributed by atoms with Crippen molar-refractivity contribution in [3.05, 3.63) is 4.88 Å². The number of rotatable bonds is 9. The van der Waals surface area contributed by atoms with E-state index in [4.69, 9.17) is 15.2 Å². The number of nitrogens with one attached hydrogen (secondary N) is 1. The van der Waals surface area contributed by atoms with Crippen LogP contribution in [0.1, 0.15) is 36.4 Å². The Bertz CT molecular complexity index is 461. The van der Waals surface area contributed by atoms with E-state index in [-0.39, 0.29) is 12.1 Å². The van der Waals surface area contributed by atoms with Gasteiger partial charge in [0, 0.05) is 13.2 Å². The summed E-state index contributed by atoms with van der Waals surface area (Å²) in [5.41, 5.74) is 6.51. The standard InChI is InChI=1S/C14H24N2O3S2/c1-9(2)19-8-6-5-7-16-13-11(20-4)10(15)12(21-13)14(17)18-3/h9,16H,5-8,15H2,1-4H3. The van der Waals surface area contributed by atoms with E-state index in [1.807, 2.05) is 20.1 Å². The Morgan fingerprint density at radius 1 is 1.43 bits per heavy atom. The largest absolute Gasteiger partial charge is 0.465 e. The van der Waals surface area contributed by atoms with Gasteiger partial charge in [0.1, 0.15) is 9.88 Å². The van der Waals surface area contributed by atoms with E-state index >= 15 is 0 Å². The normalized spacial score (nSPS) is 10.9. The van der Waals surface area contributed by atoms with Crippen LogP contribution in [0.5, 0.6) is 0 Å². The van der Waals surface area contributed by atoms with Crippen molar-refractivity contribution >= 4 is 39.8 Å². The Morgan fingerprint density at radius 2 is 2.14 bits per heavy atom. The third-order valence-electron chi connectivity index (χ3n) is 2.78. The van der Waals surface area contributed by atoms with Crippen LogP contribution in [0.15, 0.2) is 4.90 Å². The van der Waals surface area contributed by atoms with Crippen LogP contribution < -0.4 is 11.1 Å². The SMILES string of the molecule is COC(=O)c1sc(NCCCCOC(C)C)c(SC)c1N. The molecule has 3 N–H and O–H groups in total. The summed E-state index contributed by atoms with van der Waals surface area (Å²) in [6.07, 6.45) is 4.23. The van der Waals surface area contributed by atoms with Crippen LogP contribution in [0.4, 0.5) is 10.7 Å². The van der Waals surface area contributed by atoms with Gasteiger partial charge in [0.05, 0.1) is 23.8 Å². The van der Waals surface area contributed by atoms with E-state index in [0.29, 0.717) is 10.6 Å². The Hall–Kier alpha value is -0.920. The van der Waals surface area contributed by atoms with Gasteiger partial charge in [0.25, 0.3) is 0 Å². The monoisotopic (exact) mass is 332 g/mol. The molecule has 1 aromatic rings. The quantitative estimate of drug-likeness (QED) is 0.410. The molecular weight excluding hydrogens is 308 g/mol. The molecule has 0 aliphatic rings. The second kappa shape index (κ2) is 9.17. The molecule has 0 radical (unpaired) electrons. The minimum atomic E-state index is -0.383. The third-order valence-corrected chi connectivity index (χ3v) is 4.89. The Morgan fingerprint density at radius 3 is 2.71 bits per heavy atom. The molecule has 5 nitrogen and oxygen atoms in total. The molecule has 0 unspecified atom stereocenters. The lowest BCUT2D eigenvalue weighted by Crippen LogP contribution is -2.06. The van der Waals surface area contributed by atoms with Crippen molar-refractivity contribution in [2.45, 2.75) is 37.7 Å². The number of thioether (sulfide) groups is 1. The zero-order chi connectivity index (χ0) is 15.8. The number of hydrogen-bond donors (Lipinski definition) is 2. The second-order valence-corrected chi connectivity index (χ2v) is 6.59.